The molecule has 0 aliphatic carbocycles. The molecule has 0 aromatic carbocycles. The van der Waals surface area contributed by atoms with Crippen molar-refractivity contribution in [3.63, 3.8) is 0 Å². The Kier molecular flexibility index (Phi) is 5.31. The van der Waals surface area contributed by atoms with Gasteiger partial charge < -0.3 is 3.79 Å². The molecule has 0 saturated carbocycles. The molecule has 1 aliphatic rings. The predicted octanol–water partition coefficient (Wildman–Crippen LogP) is 3.37. The molecule has 0 aromatic heterocycles. The fourth-order valence-electron chi connectivity index (χ4n) is 1.93. The topological polar surface area (TPSA) is 9.23 Å². The smallest absolute Gasteiger partial charge is 0.460 e. The van der Waals surface area contributed by atoms with Crippen LogP contribution >= 0.6 is 0 Å². The van der Waals surface area contributed by atoms with E-state index in [1.54, 1.807) is 0 Å². The fraction of sp³-hybridized carbons (Fsp3) is 1.00. The summed E-state index contributed by atoms with van der Waals surface area (Å²) in [6, 6.07) is 0. The van der Waals surface area contributed by atoms with E-state index in [2.05, 4.69) is 13.8 Å². The van der Waals surface area contributed by atoms with Gasteiger partial charge in [-0.3, -0.25) is 0 Å². The maximum Gasteiger partial charge on any atom is 0.460 e. The third-order valence-corrected chi connectivity index (χ3v) is 5.65. The van der Waals surface area contributed by atoms with Crippen molar-refractivity contribution in [2.75, 3.05) is 0 Å². The molecule has 1 rings (SSSR count). The zero-order valence-corrected chi connectivity index (χ0v) is 9.67. The van der Waals surface area contributed by atoms with Gasteiger partial charge in [0.25, 0.3) is 0 Å². The second-order valence-electron chi connectivity index (χ2n) is 3.86. The van der Waals surface area contributed by atoms with Crippen LogP contribution in [0, 0.1) is 0 Å². The van der Waals surface area contributed by atoms with Crippen LogP contribution in [0.1, 0.15) is 46.0 Å². The van der Waals surface area contributed by atoms with E-state index in [0.717, 1.165) is 0 Å². The maximum atomic E-state index is 6.08. The number of rotatable bonds is 4. The van der Waals surface area contributed by atoms with Gasteiger partial charge in [0.15, 0.2) is 0 Å². The quantitative estimate of drug-likeness (QED) is 0.609. The van der Waals surface area contributed by atoms with E-state index in [1.165, 1.54) is 42.7 Å². The van der Waals surface area contributed by atoms with Crippen molar-refractivity contribution in [3.05, 3.63) is 0 Å². The predicted molar refractivity (Wildman–Crippen MR) is 54.7 cm³/mol. The average molecular weight is 184 g/mol. The van der Waals surface area contributed by atoms with Crippen molar-refractivity contribution in [3.8, 4) is 0 Å². The summed E-state index contributed by atoms with van der Waals surface area (Å²) in [4.78, 5) is 0. The minimum Gasteiger partial charge on any atom is -0.498 e. The van der Waals surface area contributed by atoms with Crippen LogP contribution in [-0.2, 0) is 3.79 Å². The third kappa shape index (κ3) is 3.48. The first-order valence-corrected chi connectivity index (χ1v) is 7.62. The molecule has 1 atom stereocenters. The van der Waals surface area contributed by atoms with Crippen LogP contribution in [-0.4, -0.2) is 20.6 Å². The Balaban J connectivity index is 2.16. The number of hydrogen-bond acceptors (Lipinski definition) is 1. The zero-order chi connectivity index (χ0) is 8.81. The Labute approximate surface area is 81.2 Å². The van der Waals surface area contributed by atoms with Crippen molar-refractivity contribution in [1.29, 1.82) is 0 Å². The van der Waals surface area contributed by atoms with Gasteiger partial charge in [-0.25, -0.2) is 0 Å². The lowest BCUT2D eigenvalue weighted by Gasteiger charge is -2.27. The molecule has 0 N–H and O–H groups in total. The highest BCUT2D eigenvalue weighted by Crippen LogP contribution is 2.22. The first kappa shape index (κ1) is 10.6. The molecule has 0 aromatic rings. The SMILES string of the molecule is CCC[CH2][Al]1[CH2]CCC(CC)[O]1. The third-order valence-electron chi connectivity index (χ3n) is 2.77. The first-order valence-electron chi connectivity index (χ1n) is 5.52. The van der Waals surface area contributed by atoms with Gasteiger partial charge in [0, 0.05) is 6.10 Å². The lowest BCUT2D eigenvalue weighted by Crippen LogP contribution is -2.30. The van der Waals surface area contributed by atoms with Gasteiger partial charge in [0.05, 0.1) is 0 Å². The van der Waals surface area contributed by atoms with Crippen molar-refractivity contribution in [2.24, 2.45) is 0 Å². The van der Waals surface area contributed by atoms with E-state index < -0.39 is 14.5 Å². The van der Waals surface area contributed by atoms with E-state index in [1.807, 2.05) is 0 Å². The van der Waals surface area contributed by atoms with Crippen LogP contribution in [0.25, 0.3) is 0 Å². The molecule has 1 aliphatic heterocycles. The Bertz CT molecular complexity index is 116. The van der Waals surface area contributed by atoms with Gasteiger partial charge >= 0.3 is 14.5 Å². The average Bonchev–Trinajstić information content (AvgIpc) is 2.15. The second kappa shape index (κ2) is 6.02. The van der Waals surface area contributed by atoms with Gasteiger partial charge in [0.2, 0.25) is 0 Å². The second-order valence-corrected chi connectivity index (χ2v) is 6.53. The lowest BCUT2D eigenvalue weighted by molar-refractivity contribution is 0.165. The number of hydrogen-bond donors (Lipinski definition) is 0. The summed E-state index contributed by atoms with van der Waals surface area (Å²) >= 11 is -0.719. The van der Waals surface area contributed by atoms with Crippen LogP contribution < -0.4 is 0 Å². The summed E-state index contributed by atoms with van der Waals surface area (Å²) < 4.78 is 6.08. The minimum absolute atomic E-state index is 0.632. The summed E-state index contributed by atoms with van der Waals surface area (Å²) in [7, 11) is 0. The molecule has 2 heteroatoms. The highest BCUT2D eigenvalue weighted by molar-refractivity contribution is 6.52. The largest absolute Gasteiger partial charge is 0.498 e. The molecular weight excluding hydrogens is 163 g/mol. The van der Waals surface area contributed by atoms with Gasteiger partial charge in [0.1, 0.15) is 0 Å². The minimum atomic E-state index is -0.719. The molecule has 0 radical (unpaired) electrons. The van der Waals surface area contributed by atoms with Crippen LogP contribution in [0.3, 0.4) is 0 Å². The van der Waals surface area contributed by atoms with Gasteiger partial charge in [-0.1, -0.05) is 43.7 Å². The van der Waals surface area contributed by atoms with E-state index >= 15 is 0 Å². The van der Waals surface area contributed by atoms with Gasteiger partial charge in [-0.2, -0.15) is 0 Å². The van der Waals surface area contributed by atoms with Gasteiger partial charge in [-0.05, 0) is 12.8 Å². The molecule has 12 heavy (non-hydrogen) atoms. The zero-order valence-electron chi connectivity index (χ0n) is 8.51. The van der Waals surface area contributed by atoms with Crippen LogP contribution in [0.15, 0.2) is 0 Å². The monoisotopic (exact) mass is 184 g/mol. The van der Waals surface area contributed by atoms with Crippen molar-refractivity contribution < 1.29 is 3.79 Å². The van der Waals surface area contributed by atoms with Crippen LogP contribution in [0.2, 0.25) is 10.6 Å². The van der Waals surface area contributed by atoms with Crippen LogP contribution in [0.4, 0.5) is 0 Å². The molecule has 0 amide bonds. The molecule has 1 saturated heterocycles. The Morgan fingerprint density at radius 1 is 1.42 bits per heavy atom. The molecule has 1 heterocycles. The van der Waals surface area contributed by atoms with E-state index in [-0.39, 0.29) is 0 Å². The maximum absolute atomic E-state index is 6.08. The molecule has 1 unspecified atom stereocenters. The molecule has 0 spiro atoms. The van der Waals surface area contributed by atoms with Crippen molar-refractivity contribution >= 4 is 14.5 Å². The molecule has 0 bridgehead atoms. The lowest BCUT2D eigenvalue weighted by atomic mass is 10.2. The van der Waals surface area contributed by atoms with E-state index in [0.29, 0.717) is 6.10 Å². The van der Waals surface area contributed by atoms with Crippen LogP contribution in [0.5, 0.6) is 0 Å². The molecule has 1 nitrogen and oxygen atoms in total. The first-order chi connectivity index (χ1) is 5.86. The summed E-state index contributed by atoms with van der Waals surface area (Å²) in [6.45, 7) is 4.52. The Morgan fingerprint density at radius 3 is 2.92 bits per heavy atom. The van der Waals surface area contributed by atoms with E-state index in [9.17, 15) is 0 Å². The highest BCUT2D eigenvalue weighted by atomic mass is 27.2. The summed E-state index contributed by atoms with van der Waals surface area (Å²) in [6.07, 6.45) is 7.37. The molecular formula is C10H21AlO. The summed E-state index contributed by atoms with van der Waals surface area (Å²) in [5, 5.41) is 2.86. The van der Waals surface area contributed by atoms with Crippen molar-refractivity contribution in [1.82, 2.24) is 0 Å². The highest BCUT2D eigenvalue weighted by Gasteiger charge is 2.27. The summed E-state index contributed by atoms with van der Waals surface area (Å²) in [5.74, 6) is 0. The standard InChI is InChI=1S/C6H12O.C4H9.Al/c1-3-5-6(7)4-2;1-3-4-2;/h6H,1,3-5H2,2H3;1,3-4H2,2H3;/q-1;;+1. The van der Waals surface area contributed by atoms with Crippen molar-refractivity contribution in [2.45, 2.75) is 62.6 Å². The van der Waals surface area contributed by atoms with E-state index in [4.69, 9.17) is 3.79 Å². The van der Waals surface area contributed by atoms with Gasteiger partial charge in [-0.15, -0.1) is 0 Å². The molecule has 70 valence electrons. The Morgan fingerprint density at radius 2 is 2.25 bits per heavy atom. The fourth-order valence-corrected chi connectivity index (χ4v) is 4.91. The summed E-state index contributed by atoms with van der Waals surface area (Å²) in [5.41, 5.74) is 0. The molecule has 1 fully saturated rings. The normalized spacial score (nSPS) is 24.5. The number of unbranched alkanes of at least 4 members (excludes halogenated alkanes) is 1. The Hall–Kier alpha value is 0.492.